The molecular weight excluding hydrogens is 312 g/mol. The number of fused-ring (bicyclic) bond motifs is 3. The van der Waals surface area contributed by atoms with Gasteiger partial charge in [-0.3, -0.25) is 4.79 Å². The fraction of sp³-hybridized carbons (Fsp3) is 0.150. The summed E-state index contributed by atoms with van der Waals surface area (Å²) in [6.45, 7) is 2.71. The summed E-state index contributed by atoms with van der Waals surface area (Å²) in [5.41, 5.74) is 5.01. The monoisotopic (exact) mass is 330 g/mol. The zero-order chi connectivity index (χ0) is 17.2. The second kappa shape index (κ2) is 6.36. The summed E-state index contributed by atoms with van der Waals surface area (Å²) >= 11 is 0. The standard InChI is InChI=1S/C20H18N4O/c1-2-21-20-22-11-13(12-23-20)19(25)24-18-16-9-5-3-7-14(16)15-8-4-6-10-17(15)18/h3-12,18H,2H2,1H3,(H,24,25)(H,21,22,23). The van der Waals surface area contributed by atoms with E-state index in [1.54, 1.807) is 12.4 Å². The number of amides is 1. The van der Waals surface area contributed by atoms with Crippen LogP contribution in [0.4, 0.5) is 5.95 Å². The van der Waals surface area contributed by atoms with Crippen molar-refractivity contribution in [3.63, 3.8) is 0 Å². The second-order valence-corrected chi connectivity index (χ2v) is 5.91. The van der Waals surface area contributed by atoms with Gasteiger partial charge in [0.15, 0.2) is 0 Å². The van der Waals surface area contributed by atoms with Gasteiger partial charge in [-0.2, -0.15) is 0 Å². The maximum atomic E-state index is 12.7. The molecule has 25 heavy (non-hydrogen) atoms. The Balaban J connectivity index is 1.63. The molecule has 0 unspecified atom stereocenters. The Morgan fingerprint density at radius 1 is 0.960 bits per heavy atom. The molecule has 3 aromatic rings. The SMILES string of the molecule is CCNc1ncc(C(=O)NC2c3ccccc3-c3ccccc32)cn1. The minimum atomic E-state index is -0.181. The minimum absolute atomic E-state index is 0.159. The summed E-state index contributed by atoms with van der Waals surface area (Å²) in [6.07, 6.45) is 3.10. The van der Waals surface area contributed by atoms with Gasteiger partial charge in [0, 0.05) is 18.9 Å². The number of anilines is 1. The van der Waals surface area contributed by atoms with Gasteiger partial charge in [-0.05, 0) is 29.2 Å². The average Bonchev–Trinajstić information content (AvgIpc) is 2.97. The Hall–Kier alpha value is -3.21. The first-order valence-electron chi connectivity index (χ1n) is 8.33. The predicted octanol–water partition coefficient (Wildman–Crippen LogP) is 3.41. The van der Waals surface area contributed by atoms with Crippen LogP contribution in [0.1, 0.15) is 34.5 Å². The molecule has 0 radical (unpaired) electrons. The zero-order valence-corrected chi connectivity index (χ0v) is 13.9. The van der Waals surface area contributed by atoms with Crippen molar-refractivity contribution in [1.82, 2.24) is 15.3 Å². The summed E-state index contributed by atoms with van der Waals surface area (Å²) < 4.78 is 0. The first-order valence-corrected chi connectivity index (χ1v) is 8.33. The largest absolute Gasteiger partial charge is 0.355 e. The van der Waals surface area contributed by atoms with E-state index < -0.39 is 0 Å². The van der Waals surface area contributed by atoms with Gasteiger partial charge in [0.05, 0.1) is 11.6 Å². The number of benzene rings is 2. The van der Waals surface area contributed by atoms with E-state index >= 15 is 0 Å². The summed E-state index contributed by atoms with van der Waals surface area (Å²) in [6, 6.07) is 16.2. The molecule has 1 heterocycles. The van der Waals surface area contributed by atoms with E-state index in [0.717, 1.165) is 17.7 Å². The highest BCUT2D eigenvalue weighted by atomic mass is 16.1. The third kappa shape index (κ3) is 2.74. The lowest BCUT2D eigenvalue weighted by atomic mass is 10.1. The number of aromatic nitrogens is 2. The topological polar surface area (TPSA) is 66.9 Å². The van der Waals surface area contributed by atoms with Crippen LogP contribution in [0.5, 0.6) is 0 Å². The van der Waals surface area contributed by atoms with Gasteiger partial charge in [-0.25, -0.2) is 9.97 Å². The Labute approximate surface area is 146 Å². The van der Waals surface area contributed by atoms with Gasteiger partial charge in [-0.1, -0.05) is 48.5 Å². The van der Waals surface area contributed by atoms with Crippen LogP contribution in [-0.2, 0) is 0 Å². The van der Waals surface area contributed by atoms with Crippen molar-refractivity contribution in [2.45, 2.75) is 13.0 Å². The normalized spacial score (nSPS) is 12.4. The molecule has 124 valence electrons. The van der Waals surface area contributed by atoms with E-state index in [2.05, 4.69) is 44.9 Å². The molecule has 0 fully saturated rings. The van der Waals surface area contributed by atoms with Crippen molar-refractivity contribution in [3.05, 3.63) is 77.6 Å². The van der Waals surface area contributed by atoms with Crippen molar-refractivity contribution in [3.8, 4) is 11.1 Å². The van der Waals surface area contributed by atoms with Gasteiger partial charge in [0.25, 0.3) is 5.91 Å². The zero-order valence-electron chi connectivity index (χ0n) is 13.9. The Morgan fingerprint density at radius 2 is 1.52 bits per heavy atom. The number of carbonyl (C=O) groups is 1. The molecule has 4 rings (SSSR count). The van der Waals surface area contributed by atoms with E-state index in [4.69, 9.17) is 0 Å². The molecule has 2 N–H and O–H groups in total. The lowest BCUT2D eigenvalue weighted by Gasteiger charge is -2.16. The Morgan fingerprint density at radius 3 is 2.08 bits per heavy atom. The van der Waals surface area contributed by atoms with Crippen LogP contribution >= 0.6 is 0 Å². The van der Waals surface area contributed by atoms with E-state index in [1.807, 2.05) is 31.2 Å². The highest BCUT2D eigenvalue weighted by Gasteiger charge is 2.29. The highest BCUT2D eigenvalue weighted by molar-refractivity contribution is 5.95. The number of rotatable bonds is 4. The average molecular weight is 330 g/mol. The van der Waals surface area contributed by atoms with Crippen LogP contribution in [0.3, 0.4) is 0 Å². The van der Waals surface area contributed by atoms with Crippen LogP contribution in [0.15, 0.2) is 60.9 Å². The first-order chi connectivity index (χ1) is 12.3. The lowest BCUT2D eigenvalue weighted by molar-refractivity contribution is 0.0943. The van der Waals surface area contributed by atoms with E-state index in [0.29, 0.717) is 11.5 Å². The van der Waals surface area contributed by atoms with E-state index in [-0.39, 0.29) is 11.9 Å². The van der Waals surface area contributed by atoms with Gasteiger partial charge in [-0.15, -0.1) is 0 Å². The van der Waals surface area contributed by atoms with Crippen LogP contribution in [0, 0.1) is 0 Å². The molecule has 0 saturated heterocycles. The van der Waals surface area contributed by atoms with Crippen LogP contribution < -0.4 is 10.6 Å². The smallest absolute Gasteiger partial charge is 0.255 e. The predicted molar refractivity (Wildman–Crippen MR) is 97.4 cm³/mol. The maximum Gasteiger partial charge on any atom is 0.255 e. The third-order valence-electron chi connectivity index (χ3n) is 4.36. The van der Waals surface area contributed by atoms with Crippen LogP contribution in [-0.4, -0.2) is 22.4 Å². The van der Waals surface area contributed by atoms with Crippen molar-refractivity contribution in [2.24, 2.45) is 0 Å². The molecule has 0 atom stereocenters. The minimum Gasteiger partial charge on any atom is -0.355 e. The Bertz CT molecular complexity index is 875. The van der Waals surface area contributed by atoms with Crippen molar-refractivity contribution in [1.29, 1.82) is 0 Å². The van der Waals surface area contributed by atoms with Gasteiger partial charge >= 0.3 is 0 Å². The highest BCUT2D eigenvalue weighted by Crippen LogP contribution is 2.43. The van der Waals surface area contributed by atoms with E-state index in [9.17, 15) is 4.79 Å². The molecule has 1 aromatic heterocycles. The molecule has 1 aliphatic rings. The molecule has 5 heteroatoms. The number of nitrogens with one attached hydrogen (secondary N) is 2. The molecule has 2 aromatic carbocycles. The molecule has 1 amide bonds. The van der Waals surface area contributed by atoms with Gasteiger partial charge < -0.3 is 10.6 Å². The number of nitrogens with zero attached hydrogens (tertiary/aromatic N) is 2. The van der Waals surface area contributed by atoms with Gasteiger partial charge in [0.1, 0.15) is 0 Å². The quantitative estimate of drug-likeness (QED) is 0.769. The fourth-order valence-corrected chi connectivity index (χ4v) is 3.22. The molecule has 0 bridgehead atoms. The lowest BCUT2D eigenvalue weighted by Crippen LogP contribution is -2.28. The molecule has 0 saturated carbocycles. The van der Waals surface area contributed by atoms with Gasteiger partial charge in [0.2, 0.25) is 5.95 Å². The molecular formula is C20H18N4O. The molecule has 5 nitrogen and oxygen atoms in total. The fourth-order valence-electron chi connectivity index (χ4n) is 3.22. The summed E-state index contributed by atoms with van der Waals surface area (Å²) in [7, 11) is 0. The van der Waals surface area contributed by atoms with Crippen LogP contribution in [0.25, 0.3) is 11.1 Å². The maximum absolute atomic E-state index is 12.7. The van der Waals surface area contributed by atoms with Crippen LogP contribution in [0.2, 0.25) is 0 Å². The second-order valence-electron chi connectivity index (χ2n) is 5.91. The molecule has 1 aliphatic carbocycles. The Kier molecular flexibility index (Phi) is 3.90. The summed E-state index contributed by atoms with van der Waals surface area (Å²) in [4.78, 5) is 21.0. The van der Waals surface area contributed by atoms with Crippen molar-refractivity contribution >= 4 is 11.9 Å². The summed E-state index contributed by atoms with van der Waals surface area (Å²) in [5.74, 6) is 0.343. The summed E-state index contributed by atoms with van der Waals surface area (Å²) in [5, 5.41) is 6.14. The van der Waals surface area contributed by atoms with Crippen molar-refractivity contribution in [2.75, 3.05) is 11.9 Å². The number of hydrogen-bond acceptors (Lipinski definition) is 4. The molecule has 0 aliphatic heterocycles. The number of hydrogen-bond donors (Lipinski definition) is 2. The van der Waals surface area contributed by atoms with E-state index in [1.165, 1.54) is 11.1 Å². The third-order valence-corrected chi connectivity index (χ3v) is 4.36. The number of carbonyl (C=O) groups excluding carboxylic acids is 1. The molecule has 0 spiro atoms. The first kappa shape index (κ1) is 15.3. The van der Waals surface area contributed by atoms with Crippen molar-refractivity contribution < 1.29 is 4.79 Å².